The quantitative estimate of drug-likeness (QED) is 0.705. The van der Waals surface area contributed by atoms with Crippen LogP contribution in [0, 0.1) is 11.6 Å². The van der Waals surface area contributed by atoms with Crippen LogP contribution >= 0.6 is 0 Å². The molecule has 1 nitrogen and oxygen atoms in total. The minimum atomic E-state index is -0.633. The van der Waals surface area contributed by atoms with E-state index in [1.807, 2.05) is 0 Å². The molecule has 0 unspecified atom stereocenters. The highest BCUT2D eigenvalue weighted by Crippen LogP contribution is 2.22. The van der Waals surface area contributed by atoms with E-state index in [0.29, 0.717) is 23.0 Å². The van der Waals surface area contributed by atoms with Crippen LogP contribution in [0.3, 0.4) is 0 Å². The molecule has 2 rings (SSSR count). The van der Waals surface area contributed by atoms with Crippen molar-refractivity contribution in [3.63, 3.8) is 0 Å². The molecule has 0 spiro atoms. The van der Waals surface area contributed by atoms with Gasteiger partial charge in [-0.05, 0) is 29.3 Å². The van der Waals surface area contributed by atoms with Crippen LogP contribution in [0.1, 0.15) is 10.4 Å². The van der Waals surface area contributed by atoms with E-state index in [1.165, 1.54) is 12.1 Å². The van der Waals surface area contributed by atoms with Crippen molar-refractivity contribution < 1.29 is 13.6 Å². The molecule has 0 bridgehead atoms. The number of hydrogen-bond donors (Lipinski definition) is 0. The van der Waals surface area contributed by atoms with E-state index in [4.69, 9.17) is 0 Å². The van der Waals surface area contributed by atoms with Gasteiger partial charge in [0, 0.05) is 11.6 Å². The first-order valence-electron chi connectivity index (χ1n) is 4.71. The summed E-state index contributed by atoms with van der Waals surface area (Å²) in [6.45, 7) is 0. The molecule has 0 amide bonds. The molecule has 0 aliphatic rings. The molecule has 0 aromatic heterocycles. The first-order chi connectivity index (χ1) is 7.69. The predicted octanol–water partition coefficient (Wildman–Crippen LogP) is 3.44. The molecule has 0 aliphatic carbocycles. The molecule has 0 fully saturated rings. The van der Waals surface area contributed by atoms with Gasteiger partial charge in [0.25, 0.3) is 0 Å². The molecule has 2 aromatic rings. The van der Waals surface area contributed by atoms with Crippen LogP contribution in [0.2, 0.25) is 0 Å². The number of carbonyl (C=O) groups is 1. The van der Waals surface area contributed by atoms with E-state index >= 15 is 0 Å². The minimum Gasteiger partial charge on any atom is -0.298 e. The van der Waals surface area contributed by atoms with Crippen molar-refractivity contribution in [2.24, 2.45) is 0 Å². The molecular formula is C13H8F2O. The van der Waals surface area contributed by atoms with Crippen molar-refractivity contribution in [1.82, 2.24) is 0 Å². The molecule has 3 heteroatoms. The smallest absolute Gasteiger partial charge is 0.150 e. The van der Waals surface area contributed by atoms with Gasteiger partial charge in [-0.25, -0.2) is 8.78 Å². The Labute approximate surface area is 91.3 Å². The number of carbonyl (C=O) groups excluding carboxylic acids is 1. The van der Waals surface area contributed by atoms with Crippen molar-refractivity contribution in [2.45, 2.75) is 0 Å². The largest absolute Gasteiger partial charge is 0.298 e. The molecule has 0 N–H and O–H groups in total. The van der Waals surface area contributed by atoms with Gasteiger partial charge in [-0.1, -0.05) is 18.2 Å². The van der Waals surface area contributed by atoms with Crippen molar-refractivity contribution in [2.75, 3.05) is 0 Å². The fourth-order valence-corrected chi connectivity index (χ4v) is 1.51. The van der Waals surface area contributed by atoms with Crippen LogP contribution in [-0.4, -0.2) is 6.29 Å². The molecule has 80 valence electrons. The fourth-order valence-electron chi connectivity index (χ4n) is 1.51. The highest BCUT2D eigenvalue weighted by atomic mass is 19.1. The van der Waals surface area contributed by atoms with Gasteiger partial charge in [0.05, 0.1) is 0 Å². The lowest BCUT2D eigenvalue weighted by molar-refractivity contribution is 0.112. The topological polar surface area (TPSA) is 17.1 Å². The van der Waals surface area contributed by atoms with Gasteiger partial charge in [-0.3, -0.25) is 4.79 Å². The molecule has 0 radical (unpaired) electrons. The summed E-state index contributed by atoms with van der Waals surface area (Å²) in [6.07, 6.45) is 0.694. The third-order valence-electron chi connectivity index (χ3n) is 2.22. The average Bonchev–Trinajstić information content (AvgIpc) is 2.28. The van der Waals surface area contributed by atoms with Crippen LogP contribution in [0.5, 0.6) is 0 Å². The summed E-state index contributed by atoms with van der Waals surface area (Å²) >= 11 is 0. The maximum Gasteiger partial charge on any atom is 0.150 e. The monoisotopic (exact) mass is 218 g/mol. The third-order valence-corrected chi connectivity index (χ3v) is 2.22. The molecule has 0 aliphatic heterocycles. The van der Waals surface area contributed by atoms with Gasteiger partial charge < -0.3 is 0 Å². The Morgan fingerprint density at radius 3 is 2.19 bits per heavy atom. The number of aldehydes is 1. The van der Waals surface area contributed by atoms with E-state index in [-0.39, 0.29) is 0 Å². The van der Waals surface area contributed by atoms with E-state index in [0.717, 1.165) is 6.07 Å². The molecular weight excluding hydrogens is 210 g/mol. The molecule has 0 saturated heterocycles. The van der Waals surface area contributed by atoms with Crippen molar-refractivity contribution in [1.29, 1.82) is 0 Å². The zero-order valence-electron chi connectivity index (χ0n) is 8.28. The maximum absolute atomic E-state index is 13.0. The zero-order chi connectivity index (χ0) is 11.5. The molecule has 2 aromatic carbocycles. The van der Waals surface area contributed by atoms with Gasteiger partial charge in [0.1, 0.15) is 17.9 Å². The summed E-state index contributed by atoms with van der Waals surface area (Å²) in [5.74, 6) is -1.27. The predicted molar refractivity (Wildman–Crippen MR) is 57.2 cm³/mol. The number of hydrogen-bond acceptors (Lipinski definition) is 1. The zero-order valence-corrected chi connectivity index (χ0v) is 8.28. The standard InChI is InChI=1S/C13H8F2O/c14-12-5-11(6-13(15)7-12)10-3-1-2-9(4-10)8-16/h1-8H. The molecule has 0 heterocycles. The van der Waals surface area contributed by atoms with Crippen molar-refractivity contribution in [3.05, 3.63) is 59.7 Å². The Morgan fingerprint density at radius 1 is 0.875 bits per heavy atom. The van der Waals surface area contributed by atoms with Crippen LogP contribution in [0.15, 0.2) is 42.5 Å². The Bertz CT molecular complexity index is 515. The van der Waals surface area contributed by atoms with Crippen molar-refractivity contribution >= 4 is 6.29 Å². The number of rotatable bonds is 2. The second-order valence-electron chi connectivity index (χ2n) is 3.40. The number of benzene rings is 2. The van der Waals surface area contributed by atoms with E-state index < -0.39 is 11.6 Å². The lowest BCUT2D eigenvalue weighted by Gasteiger charge is -2.03. The van der Waals surface area contributed by atoms with Crippen molar-refractivity contribution in [3.8, 4) is 11.1 Å². The van der Waals surface area contributed by atoms with Gasteiger partial charge in [0.2, 0.25) is 0 Å². The SMILES string of the molecule is O=Cc1cccc(-c2cc(F)cc(F)c2)c1. The molecule has 0 saturated carbocycles. The van der Waals surface area contributed by atoms with E-state index in [9.17, 15) is 13.6 Å². The second kappa shape index (κ2) is 4.23. The minimum absolute atomic E-state index is 0.418. The Kier molecular flexibility index (Phi) is 2.77. The van der Waals surface area contributed by atoms with E-state index in [2.05, 4.69) is 0 Å². The summed E-state index contributed by atoms with van der Waals surface area (Å²) in [5.41, 5.74) is 1.51. The van der Waals surface area contributed by atoms with Crippen LogP contribution < -0.4 is 0 Å². The van der Waals surface area contributed by atoms with Gasteiger partial charge >= 0.3 is 0 Å². The van der Waals surface area contributed by atoms with E-state index in [1.54, 1.807) is 24.3 Å². The lowest BCUT2D eigenvalue weighted by atomic mass is 10.0. The fraction of sp³-hybridized carbons (Fsp3) is 0. The molecule has 0 atom stereocenters. The van der Waals surface area contributed by atoms with Gasteiger partial charge in [0.15, 0.2) is 0 Å². The summed E-state index contributed by atoms with van der Waals surface area (Å²) in [4.78, 5) is 10.6. The summed E-state index contributed by atoms with van der Waals surface area (Å²) in [6, 6.07) is 9.85. The summed E-state index contributed by atoms with van der Waals surface area (Å²) < 4.78 is 26.0. The van der Waals surface area contributed by atoms with Crippen LogP contribution in [0.4, 0.5) is 8.78 Å². The summed E-state index contributed by atoms with van der Waals surface area (Å²) in [7, 11) is 0. The Balaban J connectivity index is 2.53. The Hall–Kier alpha value is -2.03. The van der Waals surface area contributed by atoms with Crippen LogP contribution in [-0.2, 0) is 0 Å². The van der Waals surface area contributed by atoms with Crippen LogP contribution in [0.25, 0.3) is 11.1 Å². The Morgan fingerprint density at radius 2 is 1.56 bits per heavy atom. The second-order valence-corrected chi connectivity index (χ2v) is 3.40. The van der Waals surface area contributed by atoms with Gasteiger partial charge in [-0.2, -0.15) is 0 Å². The highest BCUT2D eigenvalue weighted by molar-refractivity contribution is 5.78. The first kappa shape index (κ1) is 10.5. The molecule has 16 heavy (non-hydrogen) atoms. The normalized spacial score (nSPS) is 10.1. The third kappa shape index (κ3) is 2.14. The maximum atomic E-state index is 13.0. The summed E-state index contributed by atoms with van der Waals surface area (Å²) in [5, 5.41) is 0. The highest BCUT2D eigenvalue weighted by Gasteiger charge is 2.03. The van der Waals surface area contributed by atoms with Gasteiger partial charge in [-0.15, -0.1) is 0 Å². The lowest BCUT2D eigenvalue weighted by Crippen LogP contribution is -1.86. The first-order valence-corrected chi connectivity index (χ1v) is 4.71. The average molecular weight is 218 g/mol. The number of halogens is 2.